The zero-order valence-corrected chi connectivity index (χ0v) is 21.5. The molecule has 2 atom stereocenters. The number of quaternary nitrogens is 1. The number of nitrogens with zero attached hydrogens (tertiary/aromatic N) is 2. The second-order valence-corrected chi connectivity index (χ2v) is 13.8. The molecule has 1 aliphatic heterocycles. The van der Waals surface area contributed by atoms with E-state index in [1.165, 1.54) is 38.6 Å². The maximum Gasteiger partial charge on any atom is 0.558 e. The van der Waals surface area contributed by atoms with Crippen molar-refractivity contribution in [2.75, 3.05) is 41.1 Å². The van der Waals surface area contributed by atoms with E-state index < -0.39 is 39.9 Å². The second kappa shape index (κ2) is 12.0. The third-order valence-corrected chi connectivity index (χ3v) is 10.9. The molecule has 0 N–H and O–H groups in total. The minimum Gasteiger partial charge on any atom is -0.421 e. The van der Waals surface area contributed by atoms with Gasteiger partial charge in [-0.25, -0.2) is 16.8 Å². The topological polar surface area (TPSA) is 110 Å². The summed E-state index contributed by atoms with van der Waals surface area (Å²) in [5, 5.41) is 0. The van der Waals surface area contributed by atoms with Gasteiger partial charge < -0.3 is 21.9 Å². The number of piperidine rings is 1. The molecule has 9 nitrogen and oxygen atoms in total. The van der Waals surface area contributed by atoms with E-state index in [2.05, 4.69) is 14.0 Å². The van der Waals surface area contributed by atoms with Crippen LogP contribution in [0.25, 0.3) is 4.13 Å². The van der Waals surface area contributed by atoms with Gasteiger partial charge in [0.25, 0.3) is 0 Å². The Morgan fingerprint density at radius 1 is 0.909 bits per heavy atom. The molecule has 33 heavy (non-hydrogen) atoms. The fourth-order valence-electron chi connectivity index (χ4n) is 3.44. The Kier molecular flexibility index (Phi) is 11.8. The molecule has 0 radical (unpaired) electrons. The maximum atomic E-state index is 11.4. The molecule has 0 aliphatic carbocycles. The lowest BCUT2D eigenvalue weighted by molar-refractivity contribution is -0.931. The molecule has 0 bridgehead atoms. The average Bonchev–Trinajstić information content (AvgIpc) is 2.66. The molecule has 1 saturated heterocycles. The summed E-state index contributed by atoms with van der Waals surface area (Å²) >= 11 is 0. The Balaban J connectivity index is 0.000000633. The molecule has 1 heterocycles. The second-order valence-electron chi connectivity index (χ2n) is 7.51. The maximum absolute atomic E-state index is 11.4. The van der Waals surface area contributed by atoms with Gasteiger partial charge in [-0.15, -0.1) is 0 Å². The van der Waals surface area contributed by atoms with Gasteiger partial charge in [0.15, 0.2) is 20.0 Å². The quantitative estimate of drug-likeness (QED) is 0.244. The molecule has 0 spiro atoms. The van der Waals surface area contributed by atoms with Crippen LogP contribution in [0.15, 0.2) is 0 Å². The van der Waals surface area contributed by atoms with Crippen molar-refractivity contribution in [2.45, 2.75) is 56.1 Å². The Morgan fingerprint density at radius 3 is 1.67 bits per heavy atom. The number of sulfonamides is 2. The molecular weight excluding hydrogens is 526 g/mol. The Labute approximate surface area is 191 Å². The molecule has 0 amide bonds. The first-order valence-corrected chi connectivity index (χ1v) is 14.4. The third-order valence-electron chi connectivity index (χ3n) is 5.23. The van der Waals surface area contributed by atoms with Gasteiger partial charge in [0.1, 0.15) is 6.17 Å². The van der Waals surface area contributed by atoms with Crippen molar-refractivity contribution in [1.29, 1.82) is 0 Å². The van der Waals surface area contributed by atoms with Gasteiger partial charge in [0.2, 0.25) is 0 Å². The number of likely N-dealkylation sites (tertiary alicyclic amines) is 1. The first-order chi connectivity index (χ1) is 14.8. The van der Waals surface area contributed by atoms with Crippen LogP contribution in [-0.2, 0) is 33.3 Å². The summed E-state index contributed by atoms with van der Waals surface area (Å²) in [6, 6.07) is 0.732. The first kappa shape index (κ1) is 32.5. The average molecular weight is 557 g/mol. The molecule has 0 aromatic heterocycles. The van der Waals surface area contributed by atoms with Crippen molar-refractivity contribution in [3.05, 3.63) is 4.13 Å². The van der Waals surface area contributed by atoms with Crippen LogP contribution in [0.5, 0.6) is 0 Å². The van der Waals surface area contributed by atoms with Crippen molar-refractivity contribution in [3.8, 4) is 0 Å². The van der Waals surface area contributed by atoms with Crippen molar-refractivity contribution in [1.82, 2.24) is 0 Å². The zero-order valence-electron chi connectivity index (χ0n) is 18.9. The summed E-state index contributed by atoms with van der Waals surface area (Å²) in [7, 11) is -8.44. The molecule has 0 saturated carbocycles. The number of halogens is 6. The van der Waals surface area contributed by atoms with Gasteiger partial charge in [-0.05, 0) is 25.7 Å². The fourth-order valence-corrected chi connectivity index (χ4v) is 7.34. The lowest BCUT2D eigenvalue weighted by atomic mass is 9.96. The third kappa shape index (κ3) is 8.90. The highest BCUT2D eigenvalue weighted by molar-refractivity contribution is 8.13. The van der Waals surface area contributed by atoms with Crippen LogP contribution < -0.4 is 0 Å². The van der Waals surface area contributed by atoms with Crippen molar-refractivity contribution in [2.24, 2.45) is 0 Å². The van der Waals surface area contributed by atoms with Gasteiger partial charge in [-0.2, -0.15) is 26.3 Å². The summed E-state index contributed by atoms with van der Waals surface area (Å²) in [4.78, 5) is 0. The van der Waals surface area contributed by atoms with Crippen LogP contribution in [0.3, 0.4) is 0 Å². The highest BCUT2D eigenvalue weighted by atomic mass is 32.3. The number of hydrogen-bond acceptors (Lipinski definition) is 7. The lowest BCUT2D eigenvalue weighted by Crippen LogP contribution is -2.65. The standard InChI is InChI=1S/C13H30NO3Si.C2F6NO4S2/c1-6-9-13-10-7-8-11-14(13,2)12-18(15-3,16-4)17-5;3-1(4,5)14(10,11)9-15(12,13)2(6,7)8/h13H,6-12H2,1-5H3;/q+1;-1. The van der Waals surface area contributed by atoms with E-state index in [-0.39, 0.29) is 0 Å². The molecule has 0 aromatic carbocycles. The molecular formula is C15H30F6N2O7S2Si. The normalized spacial score (nSPS) is 23.1. The summed E-state index contributed by atoms with van der Waals surface area (Å²) in [5.41, 5.74) is -12.4. The Hall–Kier alpha value is -0.503. The highest BCUT2D eigenvalue weighted by Gasteiger charge is 2.50. The fraction of sp³-hybridized carbons (Fsp3) is 1.00. The highest BCUT2D eigenvalue weighted by Crippen LogP contribution is 2.36. The van der Waals surface area contributed by atoms with Crippen LogP contribution >= 0.6 is 0 Å². The summed E-state index contributed by atoms with van der Waals surface area (Å²) in [5.74, 6) is 0. The summed E-state index contributed by atoms with van der Waals surface area (Å²) < 4.78 is 127. The largest absolute Gasteiger partial charge is 0.558 e. The van der Waals surface area contributed by atoms with Crippen LogP contribution in [0, 0.1) is 0 Å². The van der Waals surface area contributed by atoms with Gasteiger partial charge in [0, 0.05) is 21.3 Å². The Morgan fingerprint density at radius 2 is 1.33 bits per heavy atom. The van der Waals surface area contributed by atoms with E-state index in [0.29, 0.717) is 0 Å². The molecule has 2 unspecified atom stereocenters. The van der Waals surface area contributed by atoms with E-state index in [1.54, 1.807) is 21.3 Å². The predicted molar refractivity (Wildman–Crippen MR) is 109 cm³/mol. The monoisotopic (exact) mass is 556 g/mol. The van der Waals surface area contributed by atoms with Crippen LogP contribution in [0.2, 0.25) is 0 Å². The van der Waals surface area contributed by atoms with E-state index in [4.69, 9.17) is 13.3 Å². The van der Waals surface area contributed by atoms with E-state index >= 15 is 0 Å². The van der Waals surface area contributed by atoms with Crippen LogP contribution in [-0.4, -0.2) is 88.3 Å². The van der Waals surface area contributed by atoms with Crippen molar-refractivity contribution >= 4 is 28.9 Å². The number of alkyl halides is 6. The number of hydrogen-bond donors (Lipinski definition) is 0. The van der Waals surface area contributed by atoms with E-state index in [0.717, 1.165) is 20.8 Å². The first-order valence-electron chi connectivity index (χ1n) is 9.63. The number of rotatable bonds is 9. The van der Waals surface area contributed by atoms with Gasteiger partial charge in [-0.3, -0.25) is 0 Å². The van der Waals surface area contributed by atoms with Crippen molar-refractivity contribution < 1.29 is 60.9 Å². The molecule has 18 heteroatoms. The molecule has 0 aromatic rings. The molecule has 1 fully saturated rings. The molecule has 1 aliphatic rings. The van der Waals surface area contributed by atoms with Gasteiger partial charge in [-0.1, -0.05) is 13.3 Å². The van der Waals surface area contributed by atoms with Gasteiger partial charge in [0.05, 0.1) is 19.6 Å². The zero-order chi connectivity index (χ0) is 26.4. The molecule has 200 valence electrons. The van der Waals surface area contributed by atoms with Gasteiger partial charge >= 0.3 is 19.8 Å². The van der Waals surface area contributed by atoms with Crippen LogP contribution in [0.4, 0.5) is 26.3 Å². The predicted octanol–water partition coefficient (Wildman–Crippen LogP) is 3.26. The van der Waals surface area contributed by atoms with E-state index in [1.807, 2.05) is 0 Å². The van der Waals surface area contributed by atoms with Crippen LogP contribution in [0.1, 0.15) is 39.0 Å². The SMILES string of the molecule is CCCC1CCCC[N+]1(C)C[Si](OC)(OC)OC.O=S(=O)([N-]S(=O)(=O)C(F)(F)F)C(F)(F)F. The van der Waals surface area contributed by atoms with E-state index in [9.17, 15) is 43.2 Å². The molecule has 1 rings (SSSR count). The minimum absolute atomic E-state index is 0.732. The minimum atomic E-state index is -6.72. The summed E-state index contributed by atoms with van der Waals surface area (Å²) in [6.45, 7) is 3.49. The Bertz CT molecular complexity index is 767. The lowest BCUT2D eigenvalue weighted by Gasteiger charge is -2.47. The smallest absolute Gasteiger partial charge is 0.421 e. The summed E-state index contributed by atoms with van der Waals surface area (Å²) in [6.07, 6.45) is 7.42. The van der Waals surface area contributed by atoms with Crippen molar-refractivity contribution in [3.63, 3.8) is 0 Å².